The lowest BCUT2D eigenvalue weighted by Gasteiger charge is -2.08. The molecule has 0 radical (unpaired) electrons. The Morgan fingerprint density at radius 2 is 1.85 bits per heavy atom. The number of primary sulfonamides is 1. The summed E-state index contributed by atoms with van der Waals surface area (Å²) < 4.78 is 61.7. The molecule has 1 aromatic carbocycles. The Kier molecular flexibility index (Phi) is 3.82. The van der Waals surface area contributed by atoms with Gasteiger partial charge < -0.3 is 0 Å². The molecule has 0 aliphatic carbocycles. The van der Waals surface area contributed by atoms with Gasteiger partial charge in [-0.3, -0.25) is 4.72 Å². The van der Waals surface area contributed by atoms with Crippen LogP contribution in [0.2, 0.25) is 0 Å². The van der Waals surface area contributed by atoms with E-state index >= 15 is 0 Å². The van der Waals surface area contributed by atoms with Crippen LogP contribution in [0, 0.1) is 5.82 Å². The van der Waals surface area contributed by atoms with E-state index in [9.17, 15) is 21.2 Å². The molecule has 1 aromatic heterocycles. The monoisotopic (exact) mass is 336 g/mol. The van der Waals surface area contributed by atoms with Gasteiger partial charge in [0.05, 0.1) is 10.6 Å². The molecule has 108 valence electrons. The molecule has 0 fully saturated rings. The van der Waals surface area contributed by atoms with Crippen molar-refractivity contribution >= 4 is 37.1 Å². The number of thiophene rings is 1. The van der Waals surface area contributed by atoms with E-state index in [0.717, 1.165) is 29.5 Å². The number of halogens is 1. The lowest BCUT2D eigenvalue weighted by atomic mass is 10.3. The number of hydrogen-bond donors (Lipinski definition) is 2. The molecular weight excluding hydrogens is 327 g/mol. The molecule has 0 aliphatic rings. The lowest BCUT2D eigenvalue weighted by molar-refractivity contribution is 0.594. The largest absolute Gasteiger partial charge is 0.276 e. The summed E-state index contributed by atoms with van der Waals surface area (Å²) in [6.07, 6.45) is 0. The van der Waals surface area contributed by atoms with Crippen molar-refractivity contribution in [2.24, 2.45) is 5.14 Å². The summed E-state index contributed by atoms with van der Waals surface area (Å²) in [5, 5.41) is 6.46. The molecule has 6 nitrogen and oxygen atoms in total. The topological polar surface area (TPSA) is 106 Å². The van der Waals surface area contributed by atoms with Crippen LogP contribution in [0.5, 0.6) is 0 Å². The molecule has 3 N–H and O–H groups in total. The second kappa shape index (κ2) is 5.13. The average molecular weight is 336 g/mol. The first-order chi connectivity index (χ1) is 9.20. The summed E-state index contributed by atoms with van der Waals surface area (Å²) >= 11 is 0.949. The molecule has 0 amide bonds. The molecule has 2 rings (SSSR count). The fourth-order valence-electron chi connectivity index (χ4n) is 1.37. The van der Waals surface area contributed by atoms with E-state index in [4.69, 9.17) is 5.14 Å². The van der Waals surface area contributed by atoms with Crippen molar-refractivity contribution in [2.75, 3.05) is 4.72 Å². The van der Waals surface area contributed by atoms with Crippen LogP contribution >= 0.6 is 11.3 Å². The van der Waals surface area contributed by atoms with Crippen molar-refractivity contribution in [1.82, 2.24) is 0 Å². The molecular formula is C10H9FN2O4S3. The Bertz CT molecular complexity index is 829. The molecule has 0 unspecified atom stereocenters. The quantitative estimate of drug-likeness (QED) is 0.878. The maximum atomic E-state index is 13.6. The van der Waals surface area contributed by atoms with Crippen LogP contribution in [0.15, 0.2) is 44.8 Å². The number of rotatable bonds is 4. The molecule has 20 heavy (non-hydrogen) atoms. The van der Waals surface area contributed by atoms with Crippen molar-refractivity contribution in [3.05, 3.63) is 41.5 Å². The Morgan fingerprint density at radius 1 is 1.15 bits per heavy atom. The van der Waals surface area contributed by atoms with Crippen LogP contribution < -0.4 is 9.86 Å². The zero-order valence-electron chi connectivity index (χ0n) is 9.78. The summed E-state index contributed by atoms with van der Waals surface area (Å²) in [7, 11) is -8.01. The number of nitrogens with one attached hydrogen (secondary N) is 1. The van der Waals surface area contributed by atoms with Gasteiger partial charge in [0.25, 0.3) is 10.0 Å². The number of nitrogens with two attached hydrogens (primary N) is 1. The SMILES string of the molecule is NS(=O)(=O)c1ccc(F)c(NS(=O)(=O)c2cccs2)c1. The summed E-state index contributed by atoms with van der Waals surface area (Å²) in [6.45, 7) is 0. The number of hydrogen-bond acceptors (Lipinski definition) is 5. The zero-order valence-corrected chi connectivity index (χ0v) is 12.2. The van der Waals surface area contributed by atoms with Crippen molar-refractivity contribution in [1.29, 1.82) is 0 Å². The van der Waals surface area contributed by atoms with Gasteiger partial charge in [-0.25, -0.2) is 26.4 Å². The Balaban J connectivity index is 2.44. The predicted octanol–water partition coefficient (Wildman–Crippen LogP) is 1.34. The second-order valence-corrected chi connectivity index (χ2v) is 8.14. The third-order valence-corrected chi connectivity index (χ3v) is 5.94. The third-order valence-electron chi connectivity index (χ3n) is 2.27. The minimum absolute atomic E-state index is 0.0158. The van der Waals surface area contributed by atoms with E-state index in [0.29, 0.717) is 0 Å². The minimum atomic E-state index is -4.05. The van der Waals surface area contributed by atoms with E-state index < -0.39 is 31.6 Å². The maximum absolute atomic E-state index is 13.6. The highest BCUT2D eigenvalue weighted by Crippen LogP contribution is 2.24. The molecule has 0 aliphatic heterocycles. The number of anilines is 1. The fourth-order valence-corrected chi connectivity index (χ4v) is 3.96. The van der Waals surface area contributed by atoms with E-state index in [-0.39, 0.29) is 9.10 Å². The Labute approximate surface area is 119 Å². The van der Waals surface area contributed by atoms with E-state index in [1.807, 2.05) is 4.72 Å². The first kappa shape index (κ1) is 14.9. The van der Waals surface area contributed by atoms with Gasteiger partial charge in [0.2, 0.25) is 10.0 Å². The van der Waals surface area contributed by atoms with Crippen LogP contribution in [0.4, 0.5) is 10.1 Å². The summed E-state index contributed by atoms with van der Waals surface area (Å²) in [5.41, 5.74) is -0.482. The van der Waals surface area contributed by atoms with Crippen LogP contribution in [-0.4, -0.2) is 16.8 Å². The summed E-state index contributed by atoms with van der Waals surface area (Å²) in [6, 6.07) is 5.47. The summed E-state index contributed by atoms with van der Waals surface area (Å²) in [4.78, 5) is -0.386. The van der Waals surface area contributed by atoms with Crippen LogP contribution in [0.1, 0.15) is 0 Å². The van der Waals surface area contributed by atoms with E-state index in [1.54, 1.807) is 5.38 Å². The van der Waals surface area contributed by atoms with Gasteiger partial charge in [-0.2, -0.15) is 0 Å². The van der Waals surface area contributed by atoms with E-state index in [1.165, 1.54) is 12.1 Å². The number of benzene rings is 1. The molecule has 2 aromatic rings. The first-order valence-corrected chi connectivity index (χ1v) is 9.00. The normalized spacial score (nSPS) is 12.3. The first-order valence-electron chi connectivity index (χ1n) is 5.09. The van der Waals surface area contributed by atoms with Gasteiger partial charge >= 0.3 is 0 Å². The average Bonchev–Trinajstić information content (AvgIpc) is 2.84. The molecule has 0 atom stereocenters. The zero-order chi connectivity index (χ0) is 15.0. The fraction of sp³-hybridized carbons (Fsp3) is 0. The molecule has 0 spiro atoms. The number of sulfonamides is 2. The van der Waals surface area contributed by atoms with Gasteiger partial charge in [0.1, 0.15) is 10.0 Å². The second-order valence-electron chi connectivity index (χ2n) is 3.72. The Hall–Kier alpha value is -1.49. The van der Waals surface area contributed by atoms with Crippen molar-refractivity contribution in [3.63, 3.8) is 0 Å². The molecule has 1 heterocycles. The maximum Gasteiger partial charge on any atom is 0.271 e. The highest BCUT2D eigenvalue weighted by molar-refractivity contribution is 7.94. The van der Waals surface area contributed by atoms with Crippen molar-refractivity contribution in [2.45, 2.75) is 9.10 Å². The van der Waals surface area contributed by atoms with Crippen molar-refractivity contribution < 1.29 is 21.2 Å². The van der Waals surface area contributed by atoms with E-state index in [2.05, 4.69) is 0 Å². The minimum Gasteiger partial charge on any atom is -0.276 e. The van der Waals surface area contributed by atoms with Crippen LogP contribution in [-0.2, 0) is 20.0 Å². The van der Waals surface area contributed by atoms with Gasteiger partial charge in [0.15, 0.2) is 0 Å². The van der Waals surface area contributed by atoms with Crippen LogP contribution in [0.3, 0.4) is 0 Å². The Morgan fingerprint density at radius 3 is 2.40 bits per heavy atom. The van der Waals surface area contributed by atoms with Gasteiger partial charge in [-0.1, -0.05) is 6.07 Å². The third kappa shape index (κ3) is 3.15. The van der Waals surface area contributed by atoms with Gasteiger partial charge in [0, 0.05) is 0 Å². The highest BCUT2D eigenvalue weighted by atomic mass is 32.2. The predicted molar refractivity (Wildman–Crippen MR) is 72.9 cm³/mol. The lowest BCUT2D eigenvalue weighted by Crippen LogP contribution is -2.15. The molecule has 10 heteroatoms. The van der Waals surface area contributed by atoms with Gasteiger partial charge in [-0.05, 0) is 29.6 Å². The smallest absolute Gasteiger partial charge is 0.271 e. The molecule has 0 saturated heterocycles. The standard InChI is InChI=1S/C10H9FN2O4S3/c11-8-4-3-7(19(12,14)15)6-9(8)13-20(16,17)10-2-1-5-18-10/h1-6,13H,(H2,12,14,15). The highest BCUT2D eigenvalue weighted by Gasteiger charge is 2.19. The van der Waals surface area contributed by atoms with Gasteiger partial charge in [-0.15, -0.1) is 11.3 Å². The van der Waals surface area contributed by atoms with Crippen molar-refractivity contribution in [3.8, 4) is 0 Å². The summed E-state index contributed by atoms with van der Waals surface area (Å²) in [5.74, 6) is -0.905. The molecule has 0 saturated carbocycles. The molecule has 0 bridgehead atoms. The van der Waals surface area contributed by atoms with Crippen LogP contribution in [0.25, 0.3) is 0 Å².